The number of benzene rings is 2. The van der Waals surface area contributed by atoms with Crippen molar-refractivity contribution < 1.29 is 23.9 Å². The van der Waals surface area contributed by atoms with E-state index in [9.17, 15) is 14.4 Å². The predicted octanol–water partition coefficient (Wildman–Crippen LogP) is 3.80. The number of carbonyl (C=O) groups is 3. The van der Waals surface area contributed by atoms with E-state index in [-0.39, 0.29) is 31.3 Å². The Bertz CT molecular complexity index is 953. The van der Waals surface area contributed by atoms with Gasteiger partial charge >= 0.3 is 6.09 Å². The van der Waals surface area contributed by atoms with E-state index in [0.717, 1.165) is 16.9 Å². The third-order valence-corrected chi connectivity index (χ3v) is 4.60. The molecule has 0 aliphatic rings. The molecule has 2 aromatic carbocycles. The number of amides is 3. The van der Waals surface area contributed by atoms with Crippen LogP contribution in [0.5, 0.6) is 5.75 Å². The van der Waals surface area contributed by atoms with Crippen LogP contribution in [0.25, 0.3) is 0 Å². The van der Waals surface area contributed by atoms with Crippen molar-refractivity contribution >= 4 is 23.6 Å². The van der Waals surface area contributed by atoms with Crippen molar-refractivity contribution in [2.24, 2.45) is 0 Å². The number of methoxy groups -OCH3 is 1. The van der Waals surface area contributed by atoms with Crippen LogP contribution in [0, 0.1) is 0 Å². The molecule has 2 rings (SSSR count). The molecular weight excluding hydrogens is 422 g/mol. The monoisotopic (exact) mass is 455 g/mol. The van der Waals surface area contributed by atoms with E-state index in [0.29, 0.717) is 18.5 Å². The molecule has 0 saturated carbocycles. The molecule has 0 heterocycles. The minimum atomic E-state index is -0.590. The lowest BCUT2D eigenvalue weighted by Crippen LogP contribution is -2.35. The highest BCUT2D eigenvalue weighted by molar-refractivity contribution is 5.91. The fourth-order valence-corrected chi connectivity index (χ4v) is 3.04. The van der Waals surface area contributed by atoms with Gasteiger partial charge in [0.1, 0.15) is 11.4 Å². The van der Waals surface area contributed by atoms with Gasteiger partial charge in [0.05, 0.1) is 7.11 Å². The van der Waals surface area contributed by atoms with Gasteiger partial charge in [-0.25, -0.2) is 4.79 Å². The number of carbonyl (C=O) groups excluding carboxylic acids is 3. The van der Waals surface area contributed by atoms with Crippen molar-refractivity contribution in [3.63, 3.8) is 0 Å². The smallest absolute Gasteiger partial charge is 0.407 e. The molecule has 0 saturated heterocycles. The molecule has 178 valence electrons. The third kappa shape index (κ3) is 9.64. The van der Waals surface area contributed by atoms with Crippen molar-refractivity contribution in [3.8, 4) is 5.75 Å². The highest BCUT2D eigenvalue weighted by Crippen LogP contribution is 2.20. The average Bonchev–Trinajstić information content (AvgIpc) is 2.76. The van der Waals surface area contributed by atoms with E-state index in [1.165, 1.54) is 0 Å². The molecule has 0 spiro atoms. The highest BCUT2D eigenvalue weighted by atomic mass is 16.6. The van der Waals surface area contributed by atoms with Gasteiger partial charge < -0.3 is 25.4 Å². The second-order valence-electron chi connectivity index (χ2n) is 8.47. The van der Waals surface area contributed by atoms with Crippen LogP contribution in [0.15, 0.2) is 48.5 Å². The van der Waals surface area contributed by atoms with Crippen LogP contribution < -0.4 is 20.7 Å². The van der Waals surface area contributed by atoms with Crippen LogP contribution in [0.3, 0.4) is 0 Å². The van der Waals surface area contributed by atoms with E-state index >= 15 is 0 Å². The first-order chi connectivity index (χ1) is 15.7. The molecule has 0 atom stereocenters. The largest absolute Gasteiger partial charge is 0.496 e. The van der Waals surface area contributed by atoms with Crippen molar-refractivity contribution in [1.82, 2.24) is 10.6 Å². The van der Waals surface area contributed by atoms with Crippen molar-refractivity contribution in [1.29, 1.82) is 0 Å². The van der Waals surface area contributed by atoms with Crippen molar-refractivity contribution in [3.05, 3.63) is 59.7 Å². The lowest BCUT2D eigenvalue weighted by atomic mass is 10.1. The molecule has 0 fully saturated rings. The van der Waals surface area contributed by atoms with Gasteiger partial charge in [-0.1, -0.05) is 36.4 Å². The fourth-order valence-electron chi connectivity index (χ4n) is 3.04. The quantitative estimate of drug-likeness (QED) is 0.505. The molecule has 3 N–H and O–H groups in total. The van der Waals surface area contributed by atoms with Gasteiger partial charge in [-0.3, -0.25) is 9.59 Å². The molecule has 0 unspecified atom stereocenters. The van der Waals surface area contributed by atoms with Gasteiger partial charge in [-0.15, -0.1) is 0 Å². The van der Waals surface area contributed by atoms with E-state index in [2.05, 4.69) is 16.0 Å². The number of para-hydroxylation sites is 2. The summed E-state index contributed by atoms with van der Waals surface area (Å²) in [5.74, 6) is 0.416. The molecule has 0 radical (unpaired) electrons. The summed E-state index contributed by atoms with van der Waals surface area (Å²) in [4.78, 5) is 36.3. The fraction of sp³-hybridized carbons (Fsp3) is 0.400. The summed E-state index contributed by atoms with van der Waals surface area (Å²) < 4.78 is 10.5. The van der Waals surface area contributed by atoms with Crippen LogP contribution >= 0.6 is 0 Å². The standard InChI is InChI=1S/C25H33N3O5/c1-25(2,3)33-24(31)26-16-15-22(29)27-17-19-10-5-7-11-20(19)28-23(30)14-13-18-9-6-8-12-21(18)32-4/h5-12H,13-17H2,1-4H3,(H,26,31)(H,27,29)(H,28,30). The Balaban J connectivity index is 1.80. The molecule has 0 aliphatic carbocycles. The average molecular weight is 456 g/mol. The molecule has 3 amide bonds. The number of ether oxygens (including phenoxy) is 2. The number of alkyl carbamates (subject to hydrolysis) is 1. The Morgan fingerprint density at radius 1 is 0.848 bits per heavy atom. The molecule has 33 heavy (non-hydrogen) atoms. The van der Waals surface area contributed by atoms with Gasteiger partial charge in [0, 0.05) is 31.6 Å². The number of hydrogen-bond donors (Lipinski definition) is 3. The Labute approximate surface area is 195 Å². The zero-order valence-corrected chi connectivity index (χ0v) is 19.7. The summed E-state index contributed by atoms with van der Waals surface area (Å²) in [6.45, 7) is 5.74. The number of aryl methyl sites for hydroxylation is 1. The van der Waals surface area contributed by atoms with Crippen molar-refractivity contribution in [2.45, 2.75) is 52.2 Å². The van der Waals surface area contributed by atoms with Gasteiger partial charge in [0.2, 0.25) is 11.8 Å². The molecular formula is C25H33N3O5. The Morgan fingerprint density at radius 3 is 2.21 bits per heavy atom. The Hall–Kier alpha value is -3.55. The maximum absolute atomic E-state index is 12.5. The number of anilines is 1. The third-order valence-electron chi connectivity index (χ3n) is 4.60. The summed E-state index contributed by atoms with van der Waals surface area (Å²) in [5.41, 5.74) is 1.81. The summed E-state index contributed by atoms with van der Waals surface area (Å²) in [6, 6.07) is 14.9. The molecule has 8 nitrogen and oxygen atoms in total. The maximum Gasteiger partial charge on any atom is 0.407 e. The number of rotatable bonds is 10. The summed E-state index contributed by atoms with van der Waals surface area (Å²) in [6.07, 6.45) is 0.417. The van der Waals surface area contributed by atoms with E-state index in [4.69, 9.17) is 9.47 Å². The van der Waals surface area contributed by atoms with E-state index in [1.807, 2.05) is 42.5 Å². The minimum absolute atomic E-state index is 0.118. The summed E-state index contributed by atoms with van der Waals surface area (Å²) >= 11 is 0. The summed E-state index contributed by atoms with van der Waals surface area (Å²) in [5, 5.41) is 8.28. The normalized spacial score (nSPS) is 10.8. The highest BCUT2D eigenvalue weighted by Gasteiger charge is 2.16. The lowest BCUT2D eigenvalue weighted by Gasteiger charge is -2.19. The van der Waals surface area contributed by atoms with Crippen molar-refractivity contribution in [2.75, 3.05) is 19.0 Å². The minimum Gasteiger partial charge on any atom is -0.496 e. The first-order valence-electron chi connectivity index (χ1n) is 10.9. The molecule has 8 heteroatoms. The van der Waals surface area contributed by atoms with Crippen LogP contribution in [0.4, 0.5) is 10.5 Å². The van der Waals surface area contributed by atoms with Crippen LogP contribution in [0.1, 0.15) is 44.7 Å². The van der Waals surface area contributed by atoms with Gasteiger partial charge in [0.15, 0.2) is 0 Å². The summed E-state index contributed by atoms with van der Waals surface area (Å²) in [7, 11) is 1.61. The maximum atomic E-state index is 12.5. The zero-order chi connectivity index (χ0) is 24.3. The van der Waals surface area contributed by atoms with Crippen LogP contribution in [-0.2, 0) is 27.3 Å². The predicted molar refractivity (Wildman–Crippen MR) is 127 cm³/mol. The topological polar surface area (TPSA) is 106 Å². The molecule has 2 aromatic rings. The number of hydrogen-bond acceptors (Lipinski definition) is 5. The Morgan fingerprint density at radius 2 is 1.52 bits per heavy atom. The van der Waals surface area contributed by atoms with Gasteiger partial charge in [-0.05, 0) is 50.5 Å². The molecule has 0 bridgehead atoms. The van der Waals surface area contributed by atoms with E-state index in [1.54, 1.807) is 33.9 Å². The van der Waals surface area contributed by atoms with E-state index < -0.39 is 11.7 Å². The van der Waals surface area contributed by atoms with Gasteiger partial charge in [-0.2, -0.15) is 0 Å². The molecule has 0 aromatic heterocycles. The lowest BCUT2D eigenvalue weighted by molar-refractivity contribution is -0.121. The Kier molecular flexibility index (Phi) is 9.72. The van der Waals surface area contributed by atoms with Crippen LogP contribution in [0.2, 0.25) is 0 Å². The number of nitrogens with one attached hydrogen (secondary N) is 3. The second-order valence-corrected chi connectivity index (χ2v) is 8.47. The molecule has 0 aliphatic heterocycles. The van der Waals surface area contributed by atoms with Crippen LogP contribution in [-0.4, -0.2) is 37.2 Å². The zero-order valence-electron chi connectivity index (χ0n) is 19.7. The first kappa shape index (κ1) is 25.7. The van der Waals surface area contributed by atoms with Gasteiger partial charge in [0.25, 0.3) is 0 Å². The SMILES string of the molecule is COc1ccccc1CCC(=O)Nc1ccccc1CNC(=O)CCNC(=O)OC(C)(C)C. The second kappa shape index (κ2) is 12.5. The first-order valence-corrected chi connectivity index (χ1v) is 10.9.